The number of benzene rings is 2. The van der Waals surface area contributed by atoms with Crippen molar-refractivity contribution in [1.82, 2.24) is 19.7 Å². The van der Waals surface area contributed by atoms with E-state index in [4.69, 9.17) is 23.2 Å². The van der Waals surface area contributed by atoms with Gasteiger partial charge in [-0.15, -0.1) is 10.2 Å². The highest BCUT2D eigenvalue weighted by atomic mass is 35.5. The van der Waals surface area contributed by atoms with Gasteiger partial charge in [0.05, 0.1) is 21.6 Å². The molecule has 0 radical (unpaired) electrons. The van der Waals surface area contributed by atoms with Crippen molar-refractivity contribution in [3.63, 3.8) is 0 Å². The minimum Gasteiger partial charge on any atom is -0.324 e. The minimum atomic E-state index is -0.459. The maximum Gasteiger partial charge on any atom is 0.237 e. The quantitative estimate of drug-likeness (QED) is 0.337. The number of nitrogens with one attached hydrogen (secondary N) is 1. The molecule has 1 N–H and O–H groups in total. The number of aromatic nitrogens is 4. The van der Waals surface area contributed by atoms with Crippen molar-refractivity contribution in [3.05, 3.63) is 82.6 Å². The summed E-state index contributed by atoms with van der Waals surface area (Å²) in [6.07, 6.45) is 3.43. The van der Waals surface area contributed by atoms with Crippen LogP contribution in [0.3, 0.4) is 0 Å². The van der Waals surface area contributed by atoms with Gasteiger partial charge in [0.25, 0.3) is 0 Å². The molecule has 0 fully saturated rings. The molecule has 0 aliphatic rings. The van der Waals surface area contributed by atoms with Crippen molar-refractivity contribution in [1.29, 1.82) is 0 Å². The van der Waals surface area contributed by atoms with E-state index < -0.39 is 5.25 Å². The normalized spacial score (nSPS) is 11.9. The van der Waals surface area contributed by atoms with Crippen molar-refractivity contribution in [2.75, 3.05) is 5.32 Å². The summed E-state index contributed by atoms with van der Waals surface area (Å²) >= 11 is 13.5. The molecule has 6 nitrogen and oxygen atoms in total. The third-order valence-corrected chi connectivity index (χ3v) is 6.36. The predicted octanol–water partition coefficient (Wildman–Crippen LogP) is 6.06. The summed E-state index contributed by atoms with van der Waals surface area (Å²) in [5, 5.41) is 12.7. The van der Waals surface area contributed by atoms with Gasteiger partial charge in [-0.3, -0.25) is 14.3 Å². The molecule has 1 amide bonds. The number of hydrogen-bond donors (Lipinski definition) is 1. The summed E-state index contributed by atoms with van der Waals surface area (Å²) in [5.74, 6) is 0.474. The second-order valence-electron chi connectivity index (χ2n) is 7.04. The Morgan fingerprint density at radius 1 is 1.06 bits per heavy atom. The zero-order chi connectivity index (χ0) is 22.7. The second kappa shape index (κ2) is 9.73. The lowest BCUT2D eigenvalue weighted by atomic mass is 10.2. The second-order valence-corrected chi connectivity index (χ2v) is 9.19. The molecule has 2 aromatic carbocycles. The van der Waals surface area contributed by atoms with Gasteiger partial charge >= 0.3 is 0 Å². The van der Waals surface area contributed by atoms with Gasteiger partial charge in [-0.2, -0.15) is 0 Å². The Balaban J connectivity index is 1.65. The summed E-state index contributed by atoms with van der Waals surface area (Å²) < 4.78 is 1.97. The van der Waals surface area contributed by atoms with Crippen LogP contribution in [0.5, 0.6) is 0 Å². The Hall–Kier alpha value is -2.87. The standard InChI is InChI=1S/C23H19Cl2N5OS/c1-14-5-3-4-6-20(14)30-21(16-9-11-26-12-10-16)28-29-23(30)32-15(2)22(31)27-19-8-7-17(24)13-18(19)25/h3-13,15H,1-2H3,(H,27,31). The molecule has 162 valence electrons. The first-order chi connectivity index (χ1) is 15.4. The number of aryl methyl sites for hydroxylation is 1. The molecule has 0 aliphatic heterocycles. The van der Waals surface area contributed by atoms with Gasteiger partial charge in [0, 0.05) is 23.0 Å². The average Bonchev–Trinajstić information content (AvgIpc) is 3.19. The Labute approximate surface area is 200 Å². The van der Waals surface area contributed by atoms with E-state index in [0.717, 1.165) is 16.8 Å². The minimum absolute atomic E-state index is 0.205. The molecule has 0 bridgehead atoms. The van der Waals surface area contributed by atoms with Gasteiger partial charge in [0.1, 0.15) is 0 Å². The summed E-state index contributed by atoms with van der Waals surface area (Å²) in [6.45, 7) is 3.84. The highest BCUT2D eigenvalue weighted by Gasteiger charge is 2.23. The van der Waals surface area contributed by atoms with Crippen LogP contribution in [0, 0.1) is 6.92 Å². The number of rotatable bonds is 6. The molecule has 2 aromatic heterocycles. The maximum atomic E-state index is 12.9. The van der Waals surface area contributed by atoms with Crippen molar-refractivity contribution < 1.29 is 4.79 Å². The molecule has 32 heavy (non-hydrogen) atoms. The van der Waals surface area contributed by atoms with Gasteiger partial charge in [-0.05, 0) is 55.8 Å². The van der Waals surface area contributed by atoms with Gasteiger partial charge in [-0.1, -0.05) is 53.2 Å². The van der Waals surface area contributed by atoms with Crippen LogP contribution in [0.15, 0.2) is 72.1 Å². The molecule has 0 saturated carbocycles. The van der Waals surface area contributed by atoms with Crippen LogP contribution >= 0.6 is 35.0 Å². The zero-order valence-corrected chi connectivity index (χ0v) is 19.6. The van der Waals surface area contributed by atoms with Crippen LogP contribution in [-0.4, -0.2) is 30.9 Å². The van der Waals surface area contributed by atoms with Crippen molar-refractivity contribution in [3.8, 4) is 17.1 Å². The molecule has 0 spiro atoms. The van der Waals surface area contributed by atoms with E-state index >= 15 is 0 Å². The van der Waals surface area contributed by atoms with E-state index in [-0.39, 0.29) is 5.91 Å². The smallest absolute Gasteiger partial charge is 0.237 e. The van der Waals surface area contributed by atoms with Gasteiger partial charge in [0.15, 0.2) is 11.0 Å². The number of amides is 1. The number of halogens is 2. The SMILES string of the molecule is Cc1ccccc1-n1c(SC(C)C(=O)Nc2ccc(Cl)cc2Cl)nnc1-c1ccncc1. The Kier molecular flexibility index (Phi) is 6.79. The van der Waals surface area contributed by atoms with Crippen molar-refractivity contribution in [2.24, 2.45) is 0 Å². The molecule has 0 saturated heterocycles. The third kappa shape index (κ3) is 4.80. The number of thioether (sulfide) groups is 1. The molecular weight excluding hydrogens is 465 g/mol. The highest BCUT2D eigenvalue weighted by Crippen LogP contribution is 2.32. The fraction of sp³-hybridized carbons (Fsp3) is 0.130. The van der Waals surface area contributed by atoms with Crippen molar-refractivity contribution in [2.45, 2.75) is 24.3 Å². The lowest BCUT2D eigenvalue weighted by Gasteiger charge is -2.15. The van der Waals surface area contributed by atoms with Gasteiger partial charge in [0.2, 0.25) is 5.91 Å². The van der Waals surface area contributed by atoms with E-state index in [2.05, 4.69) is 20.5 Å². The summed E-state index contributed by atoms with van der Waals surface area (Å²) in [4.78, 5) is 16.9. The first-order valence-corrected chi connectivity index (χ1v) is 11.4. The monoisotopic (exact) mass is 483 g/mol. The number of nitrogens with zero attached hydrogens (tertiary/aromatic N) is 4. The summed E-state index contributed by atoms with van der Waals surface area (Å²) in [5.41, 5.74) is 3.40. The maximum absolute atomic E-state index is 12.9. The largest absolute Gasteiger partial charge is 0.324 e. The van der Waals surface area contributed by atoms with Crippen LogP contribution < -0.4 is 5.32 Å². The number of hydrogen-bond acceptors (Lipinski definition) is 5. The van der Waals surface area contributed by atoms with E-state index in [1.165, 1.54) is 11.8 Å². The van der Waals surface area contributed by atoms with E-state index in [9.17, 15) is 4.79 Å². The number of pyridine rings is 1. The molecule has 1 atom stereocenters. The summed E-state index contributed by atoms with van der Waals surface area (Å²) in [6, 6.07) is 16.7. The fourth-order valence-corrected chi connectivity index (χ4v) is 4.42. The highest BCUT2D eigenvalue weighted by molar-refractivity contribution is 8.00. The van der Waals surface area contributed by atoms with E-state index in [1.807, 2.05) is 54.8 Å². The zero-order valence-electron chi connectivity index (χ0n) is 17.3. The lowest BCUT2D eigenvalue weighted by molar-refractivity contribution is -0.115. The number of para-hydroxylation sites is 1. The molecule has 9 heteroatoms. The molecule has 1 unspecified atom stereocenters. The number of carbonyl (C=O) groups is 1. The van der Waals surface area contributed by atoms with Crippen molar-refractivity contribution >= 4 is 46.6 Å². The first kappa shape index (κ1) is 22.3. The Morgan fingerprint density at radius 2 is 1.81 bits per heavy atom. The van der Waals surface area contributed by atoms with Gasteiger partial charge in [-0.25, -0.2) is 0 Å². The van der Waals surface area contributed by atoms with E-state index in [1.54, 1.807) is 30.6 Å². The summed E-state index contributed by atoms with van der Waals surface area (Å²) in [7, 11) is 0. The average molecular weight is 484 g/mol. The Bertz CT molecular complexity index is 1260. The van der Waals surface area contributed by atoms with Crippen LogP contribution in [0.4, 0.5) is 5.69 Å². The van der Waals surface area contributed by atoms with Crippen LogP contribution in [0.25, 0.3) is 17.1 Å². The molecule has 2 heterocycles. The predicted molar refractivity (Wildman–Crippen MR) is 130 cm³/mol. The van der Waals surface area contributed by atoms with Crippen LogP contribution in [0.2, 0.25) is 10.0 Å². The van der Waals surface area contributed by atoms with Crippen LogP contribution in [-0.2, 0) is 4.79 Å². The number of anilines is 1. The topological polar surface area (TPSA) is 72.7 Å². The number of carbonyl (C=O) groups excluding carboxylic acids is 1. The fourth-order valence-electron chi connectivity index (χ4n) is 3.10. The third-order valence-electron chi connectivity index (χ3n) is 4.77. The van der Waals surface area contributed by atoms with Crippen LogP contribution in [0.1, 0.15) is 12.5 Å². The molecule has 4 rings (SSSR count). The molecule has 0 aliphatic carbocycles. The first-order valence-electron chi connectivity index (χ1n) is 9.78. The molecular formula is C23H19Cl2N5OS. The van der Waals surface area contributed by atoms with E-state index in [0.29, 0.717) is 26.7 Å². The molecule has 4 aromatic rings. The van der Waals surface area contributed by atoms with Gasteiger partial charge < -0.3 is 5.32 Å². The lowest BCUT2D eigenvalue weighted by Crippen LogP contribution is -2.23. The Morgan fingerprint density at radius 3 is 2.53 bits per heavy atom.